The number of aromatic nitrogens is 2. The number of rotatable bonds is 5. The van der Waals surface area contributed by atoms with Gasteiger partial charge in [-0.3, -0.25) is 0 Å². The molecule has 1 aliphatic rings. The first-order chi connectivity index (χ1) is 11.5. The van der Waals surface area contributed by atoms with Gasteiger partial charge in [-0.05, 0) is 56.9 Å². The zero-order valence-electron chi connectivity index (χ0n) is 13.7. The van der Waals surface area contributed by atoms with Crippen LogP contribution in [0.2, 0.25) is 0 Å². The first-order valence-electron chi connectivity index (χ1n) is 7.93. The van der Waals surface area contributed by atoms with Crippen LogP contribution >= 0.6 is 0 Å². The van der Waals surface area contributed by atoms with E-state index in [1.165, 1.54) is 25.0 Å². The molecule has 0 spiro atoms. The Bertz CT molecular complexity index is 762. The minimum Gasteiger partial charge on any atom is -0.336 e. The third-order valence-electron chi connectivity index (χ3n) is 4.04. The topological polar surface area (TPSA) is 71.3 Å². The lowest BCUT2D eigenvalue weighted by atomic mass is 10.2. The van der Waals surface area contributed by atoms with E-state index in [4.69, 9.17) is 0 Å². The van der Waals surface area contributed by atoms with E-state index >= 15 is 0 Å². The van der Waals surface area contributed by atoms with Gasteiger partial charge in [0, 0.05) is 12.1 Å². The molecule has 2 N–H and O–H groups in total. The van der Waals surface area contributed by atoms with Gasteiger partial charge in [-0.25, -0.2) is 19.3 Å². The molecule has 3 rings (SSSR count). The Balaban J connectivity index is 1.68. The fraction of sp³-hybridized carbons (Fsp3) is 0.353. The maximum Gasteiger partial charge on any atom is 0.335 e. The molecular weight excluding hydrogens is 309 g/mol. The number of urea groups is 1. The molecule has 0 saturated heterocycles. The normalized spacial score (nSPS) is 14.5. The van der Waals surface area contributed by atoms with Crippen LogP contribution in [0.3, 0.4) is 0 Å². The predicted molar refractivity (Wildman–Crippen MR) is 89.7 cm³/mol. The molecule has 0 atom stereocenters. The Morgan fingerprint density at radius 2 is 2.08 bits per heavy atom. The zero-order valence-corrected chi connectivity index (χ0v) is 13.7. The van der Waals surface area contributed by atoms with Crippen molar-refractivity contribution < 1.29 is 9.18 Å². The summed E-state index contributed by atoms with van der Waals surface area (Å²) in [5.41, 5.74) is 5.61. The molecular formula is C17H20FN5O. The molecule has 24 heavy (non-hydrogen) atoms. The van der Waals surface area contributed by atoms with Crippen molar-refractivity contribution in [3.8, 4) is 5.69 Å². The maximum absolute atomic E-state index is 13.0. The van der Waals surface area contributed by atoms with E-state index in [1.54, 1.807) is 29.9 Å². The monoisotopic (exact) mass is 329 g/mol. The Morgan fingerprint density at radius 3 is 2.75 bits per heavy atom. The molecule has 7 heteroatoms. The number of hydrogen-bond acceptors (Lipinski definition) is 3. The smallest absolute Gasteiger partial charge is 0.335 e. The van der Waals surface area contributed by atoms with E-state index in [9.17, 15) is 9.18 Å². The van der Waals surface area contributed by atoms with Crippen molar-refractivity contribution in [1.82, 2.24) is 20.5 Å². The maximum atomic E-state index is 13.0. The lowest BCUT2D eigenvalue weighted by Gasteiger charge is -2.06. The molecule has 6 nitrogen and oxygen atoms in total. The highest BCUT2D eigenvalue weighted by Gasteiger charge is 2.21. The Morgan fingerprint density at radius 1 is 1.38 bits per heavy atom. The second-order valence-electron chi connectivity index (χ2n) is 5.99. The first kappa shape index (κ1) is 16.2. The van der Waals surface area contributed by atoms with Gasteiger partial charge in [0.15, 0.2) is 0 Å². The van der Waals surface area contributed by atoms with Crippen LogP contribution in [0.1, 0.15) is 31.0 Å². The quantitative estimate of drug-likeness (QED) is 0.654. The summed E-state index contributed by atoms with van der Waals surface area (Å²) in [6, 6.07) is 5.81. The molecule has 126 valence electrons. The fourth-order valence-corrected chi connectivity index (χ4v) is 2.40. The predicted octanol–water partition coefficient (Wildman–Crippen LogP) is 2.75. The number of nitrogens with one attached hydrogen (secondary N) is 2. The van der Waals surface area contributed by atoms with E-state index in [2.05, 4.69) is 20.9 Å². The molecule has 1 fully saturated rings. The summed E-state index contributed by atoms with van der Waals surface area (Å²) in [5.74, 6) is 0.333. The van der Waals surface area contributed by atoms with Crippen LogP contribution in [0.25, 0.3) is 5.69 Å². The van der Waals surface area contributed by atoms with Gasteiger partial charge < -0.3 is 5.32 Å². The molecule has 1 saturated carbocycles. The molecule has 1 aliphatic carbocycles. The number of hydrogen-bond donors (Lipinski definition) is 2. The van der Waals surface area contributed by atoms with Crippen molar-refractivity contribution in [1.29, 1.82) is 0 Å². The summed E-state index contributed by atoms with van der Waals surface area (Å²) in [6.45, 7) is 4.40. The van der Waals surface area contributed by atoms with E-state index in [-0.39, 0.29) is 11.8 Å². The largest absolute Gasteiger partial charge is 0.336 e. The van der Waals surface area contributed by atoms with Crippen LogP contribution in [-0.2, 0) is 0 Å². The van der Waals surface area contributed by atoms with Crippen LogP contribution in [0.5, 0.6) is 0 Å². The number of amides is 2. The number of hydrazone groups is 1. The van der Waals surface area contributed by atoms with Crippen molar-refractivity contribution >= 4 is 11.7 Å². The lowest BCUT2D eigenvalue weighted by Crippen LogP contribution is -2.34. The third kappa shape index (κ3) is 3.79. The van der Waals surface area contributed by atoms with E-state index in [0.717, 1.165) is 16.9 Å². The van der Waals surface area contributed by atoms with Crippen LogP contribution in [0, 0.1) is 18.7 Å². The average Bonchev–Trinajstić information content (AvgIpc) is 3.33. The highest BCUT2D eigenvalue weighted by Crippen LogP contribution is 2.27. The third-order valence-corrected chi connectivity index (χ3v) is 4.04. The van der Waals surface area contributed by atoms with Gasteiger partial charge in [-0.1, -0.05) is 0 Å². The Labute approximate surface area is 139 Å². The van der Waals surface area contributed by atoms with E-state index < -0.39 is 0 Å². The number of carbonyl (C=O) groups is 1. The Hall–Kier alpha value is -2.70. The molecule has 0 bridgehead atoms. The van der Waals surface area contributed by atoms with Gasteiger partial charge in [-0.15, -0.1) is 0 Å². The first-order valence-corrected chi connectivity index (χ1v) is 7.93. The summed E-state index contributed by atoms with van der Waals surface area (Å²) >= 11 is 0. The van der Waals surface area contributed by atoms with Crippen LogP contribution in [-0.4, -0.2) is 28.1 Å². The van der Waals surface area contributed by atoms with Gasteiger partial charge in [-0.2, -0.15) is 10.2 Å². The van der Waals surface area contributed by atoms with Crippen molar-refractivity contribution in [2.45, 2.75) is 26.7 Å². The summed E-state index contributed by atoms with van der Waals surface area (Å²) in [6.07, 6.45) is 4.05. The van der Waals surface area contributed by atoms with Crippen LogP contribution in [0.4, 0.5) is 9.18 Å². The summed E-state index contributed by atoms with van der Waals surface area (Å²) in [5, 5.41) is 11.2. The van der Waals surface area contributed by atoms with Gasteiger partial charge in [0.1, 0.15) is 5.82 Å². The highest BCUT2D eigenvalue weighted by molar-refractivity contribution is 6.00. The zero-order chi connectivity index (χ0) is 17.1. The average molecular weight is 329 g/mol. The standard InChI is InChI=1S/C17H20FN5O/c1-11(21-22-17(24)19-9-13-3-4-13)16-10-20-23(12(16)2)15-7-5-14(18)6-8-15/h5-8,10,13H,3-4,9H2,1-2H3,(H2,19,22,24)/b21-11+. The number of nitrogens with zero attached hydrogens (tertiary/aromatic N) is 3. The minimum atomic E-state index is -0.301. The van der Waals surface area contributed by atoms with Gasteiger partial charge in [0.25, 0.3) is 0 Å². The molecule has 1 aromatic heterocycles. The summed E-state index contributed by atoms with van der Waals surface area (Å²) in [4.78, 5) is 11.7. The second-order valence-corrected chi connectivity index (χ2v) is 5.99. The minimum absolute atomic E-state index is 0.289. The van der Waals surface area contributed by atoms with Gasteiger partial charge >= 0.3 is 6.03 Å². The van der Waals surface area contributed by atoms with Crippen LogP contribution < -0.4 is 10.7 Å². The lowest BCUT2D eigenvalue weighted by molar-refractivity contribution is 0.241. The molecule has 1 heterocycles. The fourth-order valence-electron chi connectivity index (χ4n) is 2.40. The molecule has 1 aromatic carbocycles. The van der Waals surface area contributed by atoms with Gasteiger partial charge in [0.2, 0.25) is 0 Å². The number of carbonyl (C=O) groups excluding carboxylic acids is 1. The van der Waals surface area contributed by atoms with Crippen molar-refractivity contribution in [2.24, 2.45) is 11.0 Å². The molecule has 0 radical (unpaired) electrons. The Kier molecular flexibility index (Phi) is 4.59. The highest BCUT2D eigenvalue weighted by atomic mass is 19.1. The van der Waals surface area contributed by atoms with Crippen molar-refractivity contribution in [2.75, 3.05) is 6.54 Å². The van der Waals surface area contributed by atoms with Crippen molar-refractivity contribution in [3.63, 3.8) is 0 Å². The van der Waals surface area contributed by atoms with E-state index in [1.807, 2.05) is 6.92 Å². The van der Waals surface area contributed by atoms with Gasteiger partial charge in [0.05, 0.1) is 23.3 Å². The van der Waals surface area contributed by atoms with E-state index in [0.29, 0.717) is 18.2 Å². The summed E-state index contributed by atoms with van der Waals surface area (Å²) in [7, 11) is 0. The molecule has 2 amide bonds. The SMILES string of the molecule is C/C(=N\NC(=O)NCC1CC1)c1cnn(-c2ccc(F)cc2)c1C. The molecule has 0 unspecified atom stereocenters. The van der Waals surface area contributed by atoms with Crippen molar-refractivity contribution in [3.05, 3.63) is 47.5 Å². The second kappa shape index (κ2) is 6.82. The molecule has 2 aromatic rings. The number of benzene rings is 1. The number of halogens is 1. The summed E-state index contributed by atoms with van der Waals surface area (Å²) < 4.78 is 14.7. The molecule has 0 aliphatic heterocycles. The van der Waals surface area contributed by atoms with Crippen LogP contribution in [0.15, 0.2) is 35.6 Å².